The van der Waals surface area contributed by atoms with Gasteiger partial charge in [-0.1, -0.05) is 0 Å². The van der Waals surface area contributed by atoms with Gasteiger partial charge in [0.1, 0.15) is 21.8 Å². The van der Waals surface area contributed by atoms with E-state index in [9.17, 15) is 13.6 Å². The van der Waals surface area contributed by atoms with Gasteiger partial charge in [0.25, 0.3) is 0 Å². The van der Waals surface area contributed by atoms with Gasteiger partial charge in [0.15, 0.2) is 0 Å². The Morgan fingerprint density at radius 3 is 2.71 bits per heavy atom. The Morgan fingerprint density at radius 1 is 1.42 bits per heavy atom. The number of rotatable bonds is 4. The number of carbonyl (C=O) groups excluding carboxylic acids is 1. The number of nitrogens with one attached hydrogen (secondary N) is 1. The normalized spacial score (nSPS) is 21.6. The summed E-state index contributed by atoms with van der Waals surface area (Å²) in [6.45, 7) is 3.41. The van der Waals surface area contributed by atoms with Crippen molar-refractivity contribution in [3.05, 3.63) is 47.2 Å². The Morgan fingerprint density at radius 2 is 2.08 bits per heavy atom. The maximum Gasteiger partial charge on any atom is 0.234 e. The number of aromatic nitrogens is 2. The van der Waals surface area contributed by atoms with Crippen LogP contribution in [-0.2, 0) is 11.3 Å². The predicted molar refractivity (Wildman–Crippen MR) is 88.2 cm³/mol. The van der Waals surface area contributed by atoms with Crippen molar-refractivity contribution in [2.24, 2.45) is 5.41 Å². The lowest BCUT2D eigenvalue weighted by atomic mass is 10.1. The highest BCUT2D eigenvalue weighted by atomic mass is 35.5. The van der Waals surface area contributed by atoms with Crippen LogP contribution in [0.1, 0.15) is 24.5 Å². The van der Waals surface area contributed by atoms with Gasteiger partial charge in [-0.3, -0.25) is 4.79 Å². The molecule has 1 aliphatic rings. The molecular formula is C16H15Cl2F2N3O. The fourth-order valence-corrected chi connectivity index (χ4v) is 3.19. The first-order valence-electron chi connectivity index (χ1n) is 7.30. The second kappa shape index (κ2) is 5.70. The molecule has 24 heavy (non-hydrogen) atoms. The summed E-state index contributed by atoms with van der Waals surface area (Å²) in [7, 11) is 0. The third-order valence-corrected chi connectivity index (χ3v) is 5.44. The summed E-state index contributed by atoms with van der Waals surface area (Å²) in [5.41, 5.74) is -0.0590. The quantitative estimate of drug-likeness (QED) is 0.822. The van der Waals surface area contributed by atoms with Gasteiger partial charge in [-0.2, -0.15) is 5.10 Å². The van der Waals surface area contributed by atoms with Crippen molar-refractivity contribution in [1.29, 1.82) is 0 Å². The zero-order valence-electron chi connectivity index (χ0n) is 13.0. The average molecular weight is 374 g/mol. The van der Waals surface area contributed by atoms with Crippen LogP contribution in [0.25, 0.3) is 0 Å². The molecule has 1 heterocycles. The molecule has 1 saturated carbocycles. The van der Waals surface area contributed by atoms with Gasteiger partial charge >= 0.3 is 0 Å². The lowest BCUT2D eigenvalue weighted by Gasteiger charge is -2.15. The Hall–Kier alpha value is -1.66. The van der Waals surface area contributed by atoms with Crippen molar-refractivity contribution in [3.63, 3.8) is 0 Å². The van der Waals surface area contributed by atoms with Crippen LogP contribution in [0.2, 0.25) is 0 Å². The number of anilines is 1. The molecule has 3 rings (SSSR count). The topological polar surface area (TPSA) is 46.9 Å². The van der Waals surface area contributed by atoms with Crippen LogP contribution in [0.15, 0.2) is 24.4 Å². The van der Waals surface area contributed by atoms with Crippen LogP contribution in [0.5, 0.6) is 0 Å². The molecule has 8 heteroatoms. The van der Waals surface area contributed by atoms with Gasteiger partial charge in [-0.05, 0) is 38.5 Å². The highest BCUT2D eigenvalue weighted by Crippen LogP contribution is 2.64. The second-order valence-corrected chi connectivity index (χ2v) is 7.72. The molecule has 2 aromatic rings. The molecule has 0 spiro atoms. The number of halogens is 4. The van der Waals surface area contributed by atoms with E-state index in [-0.39, 0.29) is 18.0 Å². The van der Waals surface area contributed by atoms with E-state index in [0.717, 1.165) is 18.2 Å². The summed E-state index contributed by atoms with van der Waals surface area (Å²) < 4.78 is 27.5. The SMILES string of the molecule is Cc1cnn(Cc2cc(F)ccc2F)c1NC(=O)[C@@]1(C)CC1(Cl)Cl. The van der Waals surface area contributed by atoms with Crippen molar-refractivity contribution in [1.82, 2.24) is 9.78 Å². The van der Waals surface area contributed by atoms with Crippen LogP contribution >= 0.6 is 23.2 Å². The third kappa shape index (κ3) is 2.89. The molecular weight excluding hydrogens is 359 g/mol. The number of aryl methyl sites for hydroxylation is 1. The van der Waals surface area contributed by atoms with Gasteiger partial charge in [0.2, 0.25) is 5.91 Å². The van der Waals surface area contributed by atoms with Crippen LogP contribution in [0.4, 0.5) is 14.6 Å². The fourth-order valence-electron chi connectivity index (χ4n) is 2.48. The van der Waals surface area contributed by atoms with Crippen molar-refractivity contribution in [2.75, 3.05) is 5.32 Å². The first-order valence-corrected chi connectivity index (χ1v) is 8.05. The molecule has 1 N–H and O–H groups in total. The maximum absolute atomic E-state index is 13.8. The number of nitrogens with zero attached hydrogens (tertiary/aromatic N) is 2. The lowest BCUT2D eigenvalue weighted by molar-refractivity contribution is -0.120. The van der Waals surface area contributed by atoms with Crippen LogP contribution in [-0.4, -0.2) is 20.0 Å². The van der Waals surface area contributed by atoms with Gasteiger partial charge in [0, 0.05) is 11.1 Å². The number of benzene rings is 1. The number of hydrogen-bond donors (Lipinski definition) is 1. The molecule has 0 radical (unpaired) electrons. The van der Waals surface area contributed by atoms with E-state index < -0.39 is 21.4 Å². The van der Waals surface area contributed by atoms with E-state index in [2.05, 4.69) is 10.4 Å². The van der Waals surface area contributed by atoms with Gasteiger partial charge < -0.3 is 5.32 Å². The molecule has 1 aromatic carbocycles. The first-order chi connectivity index (χ1) is 11.1. The van der Waals surface area contributed by atoms with E-state index in [4.69, 9.17) is 23.2 Å². The number of carbonyl (C=O) groups is 1. The van der Waals surface area contributed by atoms with E-state index in [1.54, 1.807) is 13.8 Å². The molecule has 4 nitrogen and oxygen atoms in total. The number of hydrogen-bond acceptors (Lipinski definition) is 2. The summed E-state index contributed by atoms with van der Waals surface area (Å²) >= 11 is 12.0. The lowest BCUT2D eigenvalue weighted by Crippen LogP contribution is -2.27. The highest BCUT2D eigenvalue weighted by molar-refractivity contribution is 6.53. The molecule has 0 unspecified atom stereocenters. The van der Waals surface area contributed by atoms with Crippen molar-refractivity contribution in [2.45, 2.75) is 31.1 Å². The van der Waals surface area contributed by atoms with Gasteiger partial charge in [0.05, 0.1) is 18.2 Å². The standard InChI is InChI=1S/C16H15Cl2F2N3O/c1-9-6-21-23(7-10-5-11(19)3-4-12(10)20)13(9)22-14(24)15(2)8-16(15,17)18/h3-6H,7-8H2,1-2H3,(H,22,24)/t15-/m1/s1. The molecule has 1 amide bonds. The molecule has 0 aliphatic heterocycles. The Kier molecular flexibility index (Phi) is 4.08. The minimum Gasteiger partial charge on any atom is -0.310 e. The smallest absolute Gasteiger partial charge is 0.234 e. The summed E-state index contributed by atoms with van der Waals surface area (Å²) in [6, 6.07) is 3.20. The van der Waals surface area contributed by atoms with Gasteiger partial charge in [-0.25, -0.2) is 13.5 Å². The highest BCUT2D eigenvalue weighted by Gasteiger charge is 2.68. The Balaban J connectivity index is 1.85. The zero-order valence-corrected chi connectivity index (χ0v) is 14.6. The molecule has 128 valence electrons. The molecule has 1 atom stereocenters. The van der Waals surface area contributed by atoms with Crippen LogP contribution in [0.3, 0.4) is 0 Å². The maximum atomic E-state index is 13.8. The summed E-state index contributed by atoms with van der Waals surface area (Å²) in [4.78, 5) is 12.4. The number of amides is 1. The first kappa shape index (κ1) is 17.2. The second-order valence-electron chi connectivity index (χ2n) is 6.24. The monoisotopic (exact) mass is 373 g/mol. The third-order valence-electron chi connectivity index (χ3n) is 4.34. The Labute approximate surface area is 147 Å². The summed E-state index contributed by atoms with van der Waals surface area (Å²) in [5.74, 6) is -1.02. The summed E-state index contributed by atoms with van der Waals surface area (Å²) in [6.07, 6.45) is 1.89. The largest absolute Gasteiger partial charge is 0.310 e. The van der Waals surface area contributed by atoms with E-state index in [0.29, 0.717) is 17.8 Å². The van der Waals surface area contributed by atoms with Crippen molar-refractivity contribution in [3.8, 4) is 0 Å². The molecule has 1 fully saturated rings. The van der Waals surface area contributed by atoms with E-state index >= 15 is 0 Å². The van der Waals surface area contributed by atoms with Crippen LogP contribution < -0.4 is 5.32 Å². The average Bonchev–Trinajstić information content (AvgIpc) is 2.85. The van der Waals surface area contributed by atoms with Crippen molar-refractivity contribution < 1.29 is 13.6 Å². The molecule has 0 bridgehead atoms. The minimum atomic E-state index is -1.09. The summed E-state index contributed by atoms with van der Waals surface area (Å²) in [5, 5.41) is 6.87. The van der Waals surface area contributed by atoms with Crippen LogP contribution in [0, 0.1) is 24.0 Å². The zero-order chi connectivity index (χ0) is 17.7. The van der Waals surface area contributed by atoms with E-state index in [1.807, 2.05) is 0 Å². The van der Waals surface area contributed by atoms with Gasteiger partial charge in [-0.15, -0.1) is 23.2 Å². The van der Waals surface area contributed by atoms with Crippen molar-refractivity contribution >= 4 is 34.9 Å². The molecule has 0 saturated heterocycles. The van der Waals surface area contributed by atoms with E-state index in [1.165, 1.54) is 10.9 Å². The fraction of sp³-hybridized carbons (Fsp3) is 0.375. The Bertz CT molecular complexity index is 822. The minimum absolute atomic E-state index is 0.0172. The predicted octanol–water partition coefficient (Wildman–Crippen LogP) is 4.04. The molecule has 1 aromatic heterocycles. The molecule has 1 aliphatic carbocycles. The number of alkyl halides is 2.